The molecule has 0 heterocycles. The second-order valence-corrected chi connectivity index (χ2v) is 4.09. The van der Waals surface area contributed by atoms with Gasteiger partial charge in [0.05, 0.1) is 6.10 Å². The van der Waals surface area contributed by atoms with E-state index < -0.39 is 35.8 Å². The van der Waals surface area contributed by atoms with Crippen molar-refractivity contribution in [1.82, 2.24) is 0 Å². The third kappa shape index (κ3) is 2.93. The molecule has 0 radical (unpaired) electrons. The van der Waals surface area contributed by atoms with Gasteiger partial charge < -0.3 is 5.11 Å². The van der Waals surface area contributed by atoms with Gasteiger partial charge in [0.1, 0.15) is 23.3 Å². The third-order valence-corrected chi connectivity index (χ3v) is 2.78. The summed E-state index contributed by atoms with van der Waals surface area (Å²) < 4.78 is 53.2. The Morgan fingerprint density at radius 2 is 1.53 bits per heavy atom. The lowest BCUT2D eigenvalue weighted by atomic mass is 10.00. The second-order valence-electron chi connectivity index (χ2n) is 4.09. The molecule has 0 aliphatic rings. The van der Waals surface area contributed by atoms with Gasteiger partial charge in [0.25, 0.3) is 0 Å². The summed E-state index contributed by atoms with van der Waals surface area (Å²) in [5, 5.41) is 9.79. The van der Waals surface area contributed by atoms with Crippen molar-refractivity contribution in [2.45, 2.75) is 12.5 Å². The van der Waals surface area contributed by atoms with Gasteiger partial charge in [0.2, 0.25) is 0 Å². The minimum Gasteiger partial charge on any atom is -0.388 e. The van der Waals surface area contributed by atoms with Crippen LogP contribution in [0.2, 0.25) is 0 Å². The summed E-state index contributed by atoms with van der Waals surface area (Å²) >= 11 is 0. The summed E-state index contributed by atoms with van der Waals surface area (Å²) in [5.41, 5.74) is -0.693. The normalized spacial score (nSPS) is 12.5. The van der Waals surface area contributed by atoms with E-state index in [9.17, 15) is 22.7 Å². The zero-order valence-corrected chi connectivity index (χ0v) is 9.71. The molecule has 0 saturated heterocycles. The second kappa shape index (κ2) is 5.40. The number of rotatable bonds is 3. The van der Waals surface area contributed by atoms with Crippen molar-refractivity contribution in [1.29, 1.82) is 0 Å². The van der Waals surface area contributed by atoms with Crippen LogP contribution in [0.25, 0.3) is 0 Å². The molecule has 0 amide bonds. The summed E-state index contributed by atoms with van der Waals surface area (Å²) in [6.45, 7) is 0. The van der Waals surface area contributed by atoms with Crippen LogP contribution < -0.4 is 0 Å². The molecule has 5 heteroatoms. The molecule has 1 nitrogen and oxygen atoms in total. The Balaban J connectivity index is 2.31. The Kier molecular flexibility index (Phi) is 3.85. The van der Waals surface area contributed by atoms with Crippen molar-refractivity contribution in [3.63, 3.8) is 0 Å². The molecule has 0 aromatic heterocycles. The van der Waals surface area contributed by atoms with Crippen molar-refractivity contribution in [3.8, 4) is 0 Å². The Bertz CT molecular complexity index is 578. The molecule has 0 spiro atoms. The third-order valence-electron chi connectivity index (χ3n) is 2.78. The summed E-state index contributed by atoms with van der Waals surface area (Å²) in [4.78, 5) is 0. The van der Waals surface area contributed by atoms with Crippen LogP contribution in [-0.4, -0.2) is 5.11 Å². The molecular formula is C14H10F4O. The highest BCUT2D eigenvalue weighted by Crippen LogP contribution is 2.24. The molecule has 2 rings (SSSR count). The highest BCUT2D eigenvalue weighted by atomic mass is 19.1. The maximum absolute atomic E-state index is 13.4. The number of aliphatic hydroxyl groups is 1. The molecule has 0 aliphatic heterocycles. The first kappa shape index (κ1) is 13.5. The zero-order chi connectivity index (χ0) is 14.0. The quantitative estimate of drug-likeness (QED) is 0.846. The maximum Gasteiger partial charge on any atom is 0.129 e. The van der Waals surface area contributed by atoms with E-state index >= 15 is 0 Å². The number of aliphatic hydroxyl groups excluding tert-OH is 1. The summed E-state index contributed by atoms with van der Waals surface area (Å²) in [6.07, 6.45) is -2.00. The van der Waals surface area contributed by atoms with Crippen molar-refractivity contribution < 1.29 is 22.7 Å². The van der Waals surface area contributed by atoms with Crippen LogP contribution in [0, 0.1) is 23.3 Å². The van der Waals surface area contributed by atoms with E-state index in [1.54, 1.807) is 0 Å². The molecule has 2 aromatic rings. The fourth-order valence-corrected chi connectivity index (χ4v) is 1.80. The van der Waals surface area contributed by atoms with E-state index in [0.29, 0.717) is 0 Å². The molecule has 1 unspecified atom stereocenters. The van der Waals surface area contributed by atoms with E-state index in [1.165, 1.54) is 6.07 Å². The standard InChI is InChI=1S/C14H10F4O/c15-8-4-5-13(18)10(6-8)14(19)7-9-11(16)2-1-3-12(9)17/h1-6,14,19H,7H2. The molecular weight excluding hydrogens is 260 g/mol. The first-order valence-corrected chi connectivity index (χ1v) is 5.55. The van der Waals surface area contributed by atoms with Gasteiger partial charge in [0.15, 0.2) is 0 Å². The van der Waals surface area contributed by atoms with E-state index in [0.717, 1.165) is 30.3 Å². The van der Waals surface area contributed by atoms with Crippen LogP contribution in [0.3, 0.4) is 0 Å². The topological polar surface area (TPSA) is 20.2 Å². The van der Waals surface area contributed by atoms with Gasteiger partial charge in [0, 0.05) is 17.5 Å². The predicted molar refractivity (Wildman–Crippen MR) is 61.4 cm³/mol. The number of hydrogen-bond acceptors (Lipinski definition) is 1. The molecule has 1 N–H and O–H groups in total. The highest BCUT2D eigenvalue weighted by molar-refractivity contribution is 5.26. The van der Waals surface area contributed by atoms with Gasteiger partial charge >= 0.3 is 0 Å². The smallest absolute Gasteiger partial charge is 0.129 e. The monoisotopic (exact) mass is 270 g/mol. The first-order chi connectivity index (χ1) is 8.99. The van der Waals surface area contributed by atoms with E-state index in [4.69, 9.17) is 0 Å². The van der Waals surface area contributed by atoms with Crippen LogP contribution in [0.15, 0.2) is 36.4 Å². The minimum atomic E-state index is -1.53. The highest BCUT2D eigenvalue weighted by Gasteiger charge is 2.18. The molecule has 100 valence electrons. The summed E-state index contributed by atoms with van der Waals surface area (Å²) in [5.74, 6) is -3.23. The SMILES string of the molecule is OC(Cc1c(F)cccc1F)c1cc(F)ccc1F. The van der Waals surface area contributed by atoms with Gasteiger partial charge in [-0.25, -0.2) is 17.6 Å². The van der Waals surface area contributed by atoms with Crippen molar-refractivity contribution in [3.05, 3.63) is 70.8 Å². The van der Waals surface area contributed by atoms with E-state index in [1.807, 2.05) is 0 Å². The number of benzene rings is 2. The molecule has 19 heavy (non-hydrogen) atoms. The predicted octanol–water partition coefficient (Wildman–Crippen LogP) is 3.52. The minimum absolute atomic E-state index is 0.331. The fraction of sp³-hybridized carbons (Fsp3) is 0.143. The molecule has 1 atom stereocenters. The Hall–Kier alpha value is -1.88. The van der Waals surface area contributed by atoms with E-state index in [-0.39, 0.29) is 11.1 Å². The van der Waals surface area contributed by atoms with Crippen molar-refractivity contribution >= 4 is 0 Å². The Labute approximate surface area is 107 Å². The van der Waals surface area contributed by atoms with Gasteiger partial charge in [-0.3, -0.25) is 0 Å². The van der Waals surface area contributed by atoms with Crippen LogP contribution in [0.1, 0.15) is 17.2 Å². The summed E-state index contributed by atoms with van der Waals surface area (Å²) in [7, 11) is 0. The number of halogens is 4. The van der Waals surface area contributed by atoms with Crippen molar-refractivity contribution in [2.75, 3.05) is 0 Å². The van der Waals surface area contributed by atoms with Gasteiger partial charge in [-0.1, -0.05) is 6.07 Å². The zero-order valence-electron chi connectivity index (χ0n) is 9.71. The average molecular weight is 270 g/mol. The Morgan fingerprint density at radius 3 is 2.16 bits per heavy atom. The molecule has 0 aliphatic carbocycles. The van der Waals surface area contributed by atoms with Crippen LogP contribution in [-0.2, 0) is 6.42 Å². The maximum atomic E-state index is 13.4. The average Bonchev–Trinajstić information content (AvgIpc) is 2.37. The molecule has 0 bridgehead atoms. The van der Waals surface area contributed by atoms with Crippen LogP contribution >= 0.6 is 0 Å². The molecule has 0 fully saturated rings. The fourth-order valence-electron chi connectivity index (χ4n) is 1.80. The first-order valence-electron chi connectivity index (χ1n) is 5.55. The largest absolute Gasteiger partial charge is 0.388 e. The lowest BCUT2D eigenvalue weighted by Gasteiger charge is -2.13. The summed E-state index contributed by atoms with van der Waals surface area (Å²) in [6, 6.07) is 5.81. The van der Waals surface area contributed by atoms with Gasteiger partial charge in [-0.05, 0) is 30.3 Å². The molecule has 2 aromatic carbocycles. The Morgan fingerprint density at radius 1 is 0.895 bits per heavy atom. The lowest BCUT2D eigenvalue weighted by Crippen LogP contribution is -2.08. The van der Waals surface area contributed by atoms with Crippen LogP contribution in [0.5, 0.6) is 0 Å². The van der Waals surface area contributed by atoms with Crippen molar-refractivity contribution in [2.24, 2.45) is 0 Å². The lowest BCUT2D eigenvalue weighted by molar-refractivity contribution is 0.170. The van der Waals surface area contributed by atoms with E-state index in [2.05, 4.69) is 0 Å². The van der Waals surface area contributed by atoms with Gasteiger partial charge in [-0.2, -0.15) is 0 Å². The number of hydrogen-bond donors (Lipinski definition) is 1. The van der Waals surface area contributed by atoms with Gasteiger partial charge in [-0.15, -0.1) is 0 Å². The molecule has 0 saturated carbocycles. The van der Waals surface area contributed by atoms with Crippen LogP contribution in [0.4, 0.5) is 17.6 Å².